The Morgan fingerprint density at radius 1 is 1.05 bits per heavy atom. The first kappa shape index (κ1) is 32.0. The van der Waals surface area contributed by atoms with Gasteiger partial charge in [0, 0.05) is 19.3 Å². The molecule has 44 heavy (non-hydrogen) atoms. The number of carbonyl (C=O) groups excluding carboxylic acids is 4. The van der Waals surface area contributed by atoms with E-state index in [1.807, 2.05) is 6.07 Å². The number of aryl methyl sites for hydroxylation is 1. The number of nitrogens with two attached hydrogens (primary N) is 1. The molecule has 0 fully saturated rings. The fraction of sp³-hybridized carbons (Fsp3) is 0.323. The second-order valence-corrected chi connectivity index (χ2v) is 10.3. The van der Waals surface area contributed by atoms with Crippen LogP contribution in [-0.4, -0.2) is 59.5 Å². The van der Waals surface area contributed by atoms with Crippen LogP contribution in [0.3, 0.4) is 0 Å². The quantitative estimate of drug-likeness (QED) is 0.199. The van der Waals surface area contributed by atoms with Crippen LogP contribution >= 0.6 is 0 Å². The van der Waals surface area contributed by atoms with E-state index >= 15 is 0 Å². The van der Waals surface area contributed by atoms with Crippen LogP contribution in [0.4, 0.5) is 24.7 Å². The van der Waals surface area contributed by atoms with Crippen LogP contribution in [0.15, 0.2) is 66.9 Å². The normalized spacial score (nSPS) is 15.8. The van der Waals surface area contributed by atoms with Gasteiger partial charge in [0.1, 0.15) is 6.04 Å². The van der Waals surface area contributed by atoms with Gasteiger partial charge >= 0.3 is 18.1 Å². The third kappa shape index (κ3) is 7.33. The Bertz CT molecular complexity index is 1530. The minimum Gasteiger partial charge on any atom is -0.490 e. The van der Waals surface area contributed by atoms with Crippen molar-refractivity contribution in [3.05, 3.63) is 83.6 Å². The van der Waals surface area contributed by atoms with Crippen LogP contribution in [-0.2, 0) is 25.5 Å². The first-order valence-electron chi connectivity index (χ1n) is 13.8. The van der Waals surface area contributed by atoms with E-state index in [9.17, 15) is 32.3 Å². The summed E-state index contributed by atoms with van der Waals surface area (Å²) in [5, 5.41) is 0. The van der Waals surface area contributed by atoms with Crippen molar-refractivity contribution in [1.29, 1.82) is 0 Å². The second kappa shape index (κ2) is 13.6. The van der Waals surface area contributed by atoms with Crippen LogP contribution in [0.1, 0.15) is 53.7 Å². The van der Waals surface area contributed by atoms with Crippen LogP contribution in [0.2, 0.25) is 0 Å². The highest BCUT2D eigenvalue weighted by atomic mass is 19.4. The Morgan fingerprint density at radius 2 is 1.77 bits per heavy atom. The topological polar surface area (TPSA) is 132 Å². The standard InChI is InChI=1S/C31H31F3N4O6/c1-19(17-25(39)44-30(42)31(32,33)34)38-26(21-10-4-3-5-11-21)29(41)37(2)23-14-13-20(18-22(23)28(38)40)9-6-7-16-43-24-12-8-15-36-27(24)35/h3-5,8,10-15,18-19,26H,6-7,9,16-17H2,1-2H3,(H2,35,36). The minimum absolute atomic E-state index is 0.183. The molecule has 2 amide bonds. The van der Waals surface area contributed by atoms with Gasteiger partial charge in [0.25, 0.3) is 11.8 Å². The van der Waals surface area contributed by atoms with Crippen molar-refractivity contribution in [2.75, 3.05) is 24.3 Å². The molecule has 0 aliphatic carbocycles. The SMILES string of the molecule is CC(CC(=O)OC(=O)C(F)(F)F)N1C(=O)c2cc(CCCCOc3cccnc3N)ccc2N(C)C(=O)C1c1ccccc1. The number of hydrogen-bond acceptors (Lipinski definition) is 8. The van der Waals surface area contributed by atoms with Crippen molar-refractivity contribution < 1.29 is 41.8 Å². The molecule has 232 valence electrons. The summed E-state index contributed by atoms with van der Waals surface area (Å²) in [4.78, 5) is 58.0. The molecule has 10 nitrogen and oxygen atoms in total. The van der Waals surface area contributed by atoms with Crippen molar-refractivity contribution in [2.24, 2.45) is 0 Å². The molecular formula is C31H31F3N4O6. The lowest BCUT2D eigenvalue weighted by atomic mass is 10.00. The molecule has 1 aromatic heterocycles. The van der Waals surface area contributed by atoms with E-state index in [1.54, 1.807) is 60.8 Å². The maximum Gasteiger partial charge on any atom is 0.491 e. The van der Waals surface area contributed by atoms with Gasteiger partial charge in [-0.25, -0.2) is 9.78 Å². The fourth-order valence-corrected chi connectivity index (χ4v) is 4.95. The fourth-order valence-electron chi connectivity index (χ4n) is 4.95. The molecule has 13 heteroatoms. The van der Waals surface area contributed by atoms with Crippen molar-refractivity contribution in [1.82, 2.24) is 9.88 Å². The van der Waals surface area contributed by atoms with Gasteiger partial charge in [0.05, 0.1) is 24.3 Å². The van der Waals surface area contributed by atoms with Gasteiger partial charge in [-0.2, -0.15) is 13.2 Å². The molecule has 1 aliphatic heterocycles. The Kier molecular flexibility index (Phi) is 9.87. The van der Waals surface area contributed by atoms with Gasteiger partial charge in [0.15, 0.2) is 11.6 Å². The van der Waals surface area contributed by atoms with E-state index in [0.717, 1.165) is 10.5 Å². The predicted molar refractivity (Wildman–Crippen MR) is 154 cm³/mol. The van der Waals surface area contributed by atoms with Crippen molar-refractivity contribution >= 4 is 35.3 Å². The number of ether oxygens (including phenoxy) is 2. The number of halogens is 3. The van der Waals surface area contributed by atoms with E-state index in [4.69, 9.17) is 10.5 Å². The number of carbonyl (C=O) groups is 4. The number of rotatable bonds is 10. The lowest BCUT2D eigenvalue weighted by Gasteiger charge is -2.34. The molecule has 2 aromatic carbocycles. The molecule has 2 heterocycles. The first-order valence-corrected chi connectivity index (χ1v) is 13.8. The lowest BCUT2D eigenvalue weighted by molar-refractivity contribution is -0.202. The molecule has 2 atom stereocenters. The Morgan fingerprint density at radius 3 is 2.45 bits per heavy atom. The maximum absolute atomic E-state index is 14.1. The lowest BCUT2D eigenvalue weighted by Crippen LogP contribution is -2.46. The number of anilines is 2. The van der Waals surface area contributed by atoms with Crippen LogP contribution < -0.4 is 15.4 Å². The number of benzene rings is 2. The average Bonchev–Trinajstić information content (AvgIpc) is 3.06. The monoisotopic (exact) mass is 612 g/mol. The van der Waals surface area contributed by atoms with E-state index in [1.165, 1.54) is 18.9 Å². The number of amides is 2. The van der Waals surface area contributed by atoms with Crippen LogP contribution in [0.5, 0.6) is 5.75 Å². The number of hydrogen-bond donors (Lipinski definition) is 1. The number of aromatic nitrogens is 1. The zero-order valence-electron chi connectivity index (χ0n) is 24.0. The van der Waals surface area contributed by atoms with Crippen molar-refractivity contribution in [3.8, 4) is 5.75 Å². The molecule has 0 saturated carbocycles. The van der Waals surface area contributed by atoms with E-state index < -0.39 is 48.4 Å². The number of unbranched alkanes of at least 4 members (excludes halogenated alkanes) is 1. The summed E-state index contributed by atoms with van der Waals surface area (Å²) in [6.45, 7) is 1.80. The summed E-state index contributed by atoms with van der Waals surface area (Å²) in [7, 11) is 1.52. The van der Waals surface area contributed by atoms with Crippen molar-refractivity contribution in [3.63, 3.8) is 0 Å². The van der Waals surface area contributed by atoms with Crippen LogP contribution in [0, 0.1) is 0 Å². The molecule has 2 N–H and O–H groups in total. The molecule has 1 aliphatic rings. The summed E-state index contributed by atoms with van der Waals surface area (Å²) in [5.74, 6) is -4.45. The number of nitrogens with zero attached hydrogens (tertiary/aromatic N) is 3. The molecule has 0 bridgehead atoms. The Hall–Kier alpha value is -4.94. The average molecular weight is 613 g/mol. The number of esters is 2. The van der Waals surface area contributed by atoms with Gasteiger partial charge in [0.2, 0.25) is 0 Å². The molecule has 4 rings (SSSR count). The largest absolute Gasteiger partial charge is 0.491 e. The predicted octanol–water partition coefficient (Wildman–Crippen LogP) is 4.64. The van der Waals surface area contributed by atoms with Gasteiger partial charge in [-0.05, 0) is 61.6 Å². The summed E-state index contributed by atoms with van der Waals surface area (Å²) in [5.41, 5.74) is 7.56. The third-order valence-corrected chi connectivity index (χ3v) is 7.14. The second-order valence-electron chi connectivity index (χ2n) is 10.3. The molecule has 0 spiro atoms. The molecule has 3 aromatic rings. The molecule has 0 saturated heterocycles. The van der Waals surface area contributed by atoms with Gasteiger partial charge in [-0.3, -0.25) is 14.4 Å². The van der Waals surface area contributed by atoms with Gasteiger partial charge in [-0.15, -0.1) is 0 Å². The van der Waals surface area contributed by atoms with Gasteiger partial charge < -0.3 is 25.0 Å². The zero-order chi connectivity index (χ0) is 32.0. The molecule has 2 unspecified atom stereocenters. The highest BCUT2D eigenvalue weighted by Crippen LogP contribution is 2.36. The van der Waals surface area contributed by atoms with Gasteiger partial charge in [-0.1, -0.05) is 36.4 Å². The minimum atomic E-state index is -5.36. The maximum atomic E-state index is 14.1. The summed E-state index contributed by atoms with van der Waals surface area (Å²) in [6.07, 6.45) is -2.60. The third-order valence-electron chi connectivity index (χ3n) is 7.14. The van der Waals surface area contributed by atoms with E-state index in [0.29, 0.717) is 48.7 Å². The number of pyridine rings is 1. The first-order chi connectivity index (χ1) is 20.9. The highest BCUT2D eigenvalue weighted by molar-refractivity contribution is 6.11. The summed E-state index contributed by atoms with van der Waals surface area (Å²) < 4.78 is 47.6. The van der Waals surface area contributed by atoms with Crippen LogP contribution in [0.25, 0.3) is 0 Å². The molecule has 0 radical (unpaired) electrons. The summed E-state index contributed by atoms with van der Waals surface area (Å²) >= 11 is 0. The molecular weight excluding hydrogens is 581 g/mol. The smallest absolute Gasteiger partial charge is 0.490 e. The number of likely N-dealkylation sites (N-methyl/N-ethyl adjacent to an activating group) is 1. The number of alkyl halides is 3. The van der Waals surface area contributed by atoms with Crippen molar-refractivity contribution in [2.45, 2.75) is 50.9 Å². The summed E-state index contributed by atoms with van der Waals surface area (Å²) in [6, 6.07) is 14.6. The highest BCUT2D eigenvalue weighted by Gasteiger charge is 2.44. The van der Waals surface area contributed by atoms with E-state index in [2.05, 4.69) is 9.72 Å². The Labute approximate surface area is 251 Å². The zero-order valence-corrected chi connectivity index (χ0v) is 24.0. The number of nitrogen functional groups attached to an aromatic ring is 1. The Balaban J connectivity index is 1.57. The number of fused-ring (bicyclic) bond motifs is 1. The van der Waals surface area contributed by atoms with E-state index in [-0.39, 0.29) is 5.56 Å².